The molecule has 6 heteroatoms. The molecule has 104 valence electrons. The SMILES string of the molecule is CC(C)NC(=O)C(C)NC(=O)c1ccc(N)cc1F. The van der Waals surface area contributed by atoms with Crippen molar-refractivity contribution in [3.8, 4) is 0 Å². The lowest BCUT2D eigenvalue weighted by Gasteiger charge is -2.16. The number of nitrogen functional groups attached to an aromatic ring is 1. The molecule has 0 spiro atoms. The van der Waals surface area contributed by atoms with Gasteiger partial charge in [0.25, 0.3) is 5.91 Å². The number of halogens is 1. The first-order valence-electron chi connectivity index (χ1n) is 5.97. The van der Waals surface area contributed by atoms with Gasteiger partial charge < -0.3 is 16.4 Å². The van der Waals surface area contributed by atoms with Gasteiger partial charge in [-0.05, 0) is 39.0 Å². The quantitative estimate of drug-likeness (QED) is 0.713. The van der Waals surface area contributed by atoms with Gasteiger partial charge in [-0.3, -0.25) is 9.59 Å². The second-order valence-electron chi connectivity index (χ2n) is 4.60. The van der Waals surface area contributed by atoms with Crippen molar-refractivity contribution in [2.75, 3.05) is 5.73 Å². The van der Waals surface area contributed by atoms with Gasteiger partial charge in [-0.1, -0.05) is 0 Å². The van der Waals surface area contributed by atoms with E-state index in [9.17, 15) is 14.0 Å². The van der Waals surface area contributed by atoms with Crippen LogP contribution in [-0.4, -0.2) is 23.9 Å². The summed E-state index contributed by atoms with van der Waals surface area (Å²) >= 11 is 0. The van der Waals surface area contributed by atoms with Crippen LogP contribution in [0.2, 0.25) is 0 Å². The zero-order valence-electron chi connectivity index (χ0n) is 11.2. The molecule has 0 aliphatic rings. The van der Waals surface area contributed by atoms with Crippen LogP contribution in [0.1, 0.15) is 31.1 Å². The van der Waals surface area contributed by atoms with Gasteiger partial charge in [0.05, 0.1) is 5.56 Å². The Labute approximate surface area is 111 Å². The normalized spacial score (nSPS) is 12.1. The van der Waals surface area contributed by atoms with E-state index in [0.717, 1.165) is 6.07 Å². The number of nitrogens with one attached hydrogen (secondary N) is 2. The van der Waals surface area contributed by atoms with Gasteiger partial charge in [-0.15, -0.1) is 0 Å². The Hall–Kier alpha value is -2.11. The molecule has 5 nitrogen and oxygen atoms in total. The average Bonchev–Trinajstić information content (AvgIpc) is 2.27. The van der Waals surface area contributed by atoms with Crippen molar-refractivity contribution in [2.24, 2.45) is 0 Å². The average molecular weight is 267 g/mol. The number of benzene rings is 1. The number of nitrogens with two attached hydrogens (primary N) is 1. The Morgan fingerprint density at radius 1 is 1.21 bits per heavy atom. The van der Waals surface area contributed by atoms with E-state index in [1.165, 1.54) is 19.1 Å². The van der Waals surface area contributed by atoms with Crippen LogP contribution in [0.25, 0.3) is 0 Å². The fraction of sp³-hybridized carbons (Fsp3) is 0.385. The third-order valence-electron chi connectivity index (χ3n) is 2.41. The van der Waals surface area contributed by atoms with E-state index in [2.05, 4.69) is 10.6 Å². The van der Waals surface area contributed by atoms with E-state index in [0.29, 0.717) is 0 Å². The molecule has 0 fully saturated rings. The molecule has 0 aliphatic carbocycles. The third-order valence-corrected chi connectivity index (χ3v) is 2.41. The standard InChI is InChI=1S/C13H18FN3O2/c1-7(2)16-12(18)8(3)17-13(19)10-5-4-9(15)6-11(10)14/h4-8H,15H2,1-3H3,(H,16,18)(H,17,19). The summed E-state index contributed by atoms with van der Waals surface area (Å²) in [7, 11) is 0. The smallest absolute Gasteiger partial charge is 0.254 e. The van der Waals surface area contributed by atoms with E-state index in [1.807, 2.05) is 13.8 Å². The van der Waals surface area contributed by atoms with Crippen molar-refractivity contribution in [1.82, 2.24) is 10.6 Å². The number of carbonyl (C=O) groups is 2. The van der Waals surface area contributed by atoms with Crippen LogP contribution >= 0.6 is 0 Å². The van der Waals surface area contributed by atoms with E-state index >= 15 is 0 Å². The highest BCUT2D eigenvalue weighted by atomic mass is 19.1. The van der Waals surface area contributed by atoms with Crippen LogP contribution in [0.15, 0.2) is 18.2 Å². The van der Waals surface area contributed by atoms with Crippen molar-refractivity contribution in [1.29, 1.82) is 0 Å². The predicted molar refractivity (Wildman–Crippen MR) is 71.0 cm³/mol. The largest absolute Gasteiger partial charge is 0.399 e. The summed E-state index contributed by atoms with van der Waals surface area (Å²) in [4.78, 5) is 23.4. The number of rotatable bonds is 4. The van der Waals surface area contributed by atoms with E-state index in [4.69, 9.17) is 5.73 Å². The Morgan fingerprint density at radius 3 is 2.37 bits per heavy atom. The van der Waals surface area contributed by atoms with Crippen LogP contribution in [0, 0.1) is 5.82 Å². The first-order chi connectivity index (χ1) is 8.81. The minimum Gasteiger partial charge on any atom is -0.399 e. The molecule has 1 atom stereocenters. The van der Waals surface area contributed by atoms with E-state index < -0.39 is 17.8 Å². The maximum absolute atomic E-state index is 13.5. The van der Waals surface area contributed by atoms with Crippen molar-refractivity contribution in [2.45, 2.75) is 32.9 Å². The maximum atomic E-state index is 13.5. The minimum absolute atomic E-state index is 0.0277. The molecule has 2 amide bonds. The zero-order chi connectivity index (χ0) is 14.6. The van der Waals surface area contributed by atoms with Crippen LogP contribution < -0.4 is 16.4 Å². The zero-order valence-corrected chi connectivity index (χ0v) is 11.2. The summed E-state index contributed by atoms with van der Waals surface area (Å²) in [6.45, 7) is 5.16. The summed E-state index contributed by atoms with van der Waals surface area (Å²) in [6, 6.07) is 3.00. The second kappa shape index (κ2) is 6.17. The molecule has 1 aromatic rings. The van der Waals surface area contributed by atoms with Gasteiger partial charge in [-0.25, -0.2) is 4.39 Å². The molecular weight excluding hydrogens is 249 g/mol. The molecule has 19 heavy (non-hydrogen) atoms. The number of hydrogen-bond donors (Lipinski definition) is 3. The molecule has 0 aromatic heterocycles. The highest BCUT2D eigenvalue weighted by molar-refractivity contribution is 5.97. The highest BCUT2D eigenvalue weighted by Crippen LogP contribution is 2.11. The molecule has 0 saturated carbocycles. The van der Waals surface area contributed by atoms with Crippen molar-refractivity contribution in [3.63, 3.8) is 0 Å². The lowest BCUT2D eigenvalue weighted by molar-refractivity contribution is -0.123. The molecular formula is C13H18FN3O2. The first kappa shape index (κ1) is 14.9. The minimum atomic E-state index is -0.744. The number of amides is 2. The number of carbonyl (C=O) groups excluding carboxylic acids is 2. The predicted octanol–water partition coefficient (Wildman–Crippen LogP) is 1.05. The van der Waals surface area contributed by atoms with Crippen LogP contribution in [-0.2, 0) is 4.79 Å². The van der Waals surface area contributed by atoms with Crippen LogP contribution in [0.5, 0.6) is 0 Å². The van der Waals surface area contributed by atoms with Gasteiger partial charge in [0.1, 0.15) is 11.9 Å². The van der Waals surface area contributed by atoms with E-state index in [1.54, 1.807) is 0 Å². The summed E-state index contributed by atoms with van der Waals surface area (Å²) in [5, 5.41) is 5.09. The van der Waals surface area contributed by atoms with Crippen molar-refractivity contribution < 1.29 is 14.0 Å². The fourth-order valence-electron chi connectivity index (χ4n) is 1.46. The highest BCUT2D eigenvalue weighted by Gasteiger charge is 2.19. The molecule has 4 N–H and O–H groups in total. The summed E-state index contributed by atoms with van der Waals surface area (Å²) in [5.41, 5.74) is 5.49. The summed E-state index contributed by atoms with van der Waals surface area (Å²) in [6.07, 6.45) is 0. The van der Waals surface area contributed by atoms with Crippen molar-refractivity contribution in [3.05, 3.63) is 29.6 Å². The second-order valence-corrected chi connectivity index (χ2v) is 4.60. The summed E-state index contributed by atoms with van der Waals surface area (Å²) < 4.78 is 13.5. The van der Waals surface area contributed by atoms with Gasteiger partial charge in [0, 0.05) is 11.7 Å². The molecule has 0 heterocycles. The van der Waals surface area contributed by atoms with Crippen LogP contribution in [0.4, 0.5) is 10.1 Å². The Morgan fingerprint density at radius 2 is 1.84 bits per heavy atom. The molecule has 1 aromatic carbocycles. The number of anilines is 1. The van der Waals surface area contributed by atoms with Gasteiger partial charge in [-0.2, -0.15) is 0 Å². The Balaban J connectivity index is 2.71. The molecule has 1 unspecified atom stereocenters. The molecule has 1 rings (SSSR count). The third kappa shape index (κ3) is 4.24. The topological polar surface area (TPSA) is 84.2 Å². The fourth-order valence-corrected chi connectivity index (χ4v) is 1.46. The maximum Gasteiger partial charge on any atom is 0.254 e. The van der Waals surface area contributed by atoms with Crippen molar-refractivity contribution >= 4 is 17.5 Å². The lowest BCUT2D eigenvalue weighted by Crippen LogP contribution is -2.46. The molecule has 0 bridgehead atoms. The molecule has 0 saturated heterocycles. The molecule has 0 radical (unpaired) electrons. The lowest BCUT2D eigenvalue weighted by atomic mass is 10.1. The molecule has 0 aliphatic heterocycles. The van der Waals surface area contributed by atoms with E-state index in [-0.39, 0.29) is 23.2 Å². The first-order valence-corrected chi connectivity index (χ1v) is 5.97. The monoisotopic (exact) mass is 267 g/mol. The Bertz CT molecular complexity index is 489. The Kier molecular flexibility index (Phi) is 4.86. The number of hydrogen-bond acceptors (Lipinski definition) is 3. The summed E-state index contributed by atoms with van der Waals surface area (Å²) in [5.74, 6) is -1.68. The van der Waals surface area contributed by atoms with Gasteiger partial charge in [0.2, 0.25) is 5.91 Å². The van der Waals surface area contributed by atoms with Crippen LogP contribution in [0.3, 0.4) is 0 Å². The van der Waals surface area contributed by atoms with Gasteiger partial charge >= 0.3 is 0 Å². The van der Waals surface area contributed by atoms with Gasteiger partial charge in [0.15, 0.2) is 0 Å².